The first-order valence-electron chi connectivity index (χ1n) is 9.10. The number of carbonyl (C=O) groups is 1. The maximum Gasteiger partial charge on any atom is 0.226 e. The molecule has 0 radical (unpaired) electrons. The normalized spacial score (nSPS) is 20.1. The quantitative estimate of drug-likeness (QED) is 0.730. The number of benzene rings is 2. The summed E-state index contributed by atoms with van der Waals surface area (Å²) in [5.74, 6) is 1.15. The molecule has 3 unspecified atom stereocenters. The zero-order valence-corrected chi connectivity index (χ0v) is 16.2. The van der Waals surface area contributed by atoms with Gasteiger partial charge in [0.1, 0.15) is 0 Å². The Bertz CT molecular complexity index is 809. The summed E-state index contributed by atoms with van der Waals surface area (Å²) in [5.41, 5.74) is 9.60. The Morgan fingerprint density at radius 3 is 2.63 bits per heavy atom. The maximum atomic E-state index is 12.9. The van der Waals surface area contributed by atoms with Gasteiger partial charge < -0.3 is 14.8 Å². The number of ether oxygens (including phenoxy) is 2. The molecule has 6 heteroatoms. The second-order valence-corrected chi connectivity index (χ2v) is 6.87. The highest BCUT2D eigenvalue weighted by Gasteiger charge is 2.34. The van der Waals surface area contributed by atoms with Crippen LogP contribution < -0.4 is 25.6 Å². The van der Waals surface area contributed by atoms with E-state index in [-0.39, 0.29) is 23.9 Å². The van der Waals surface area contributed by atoms with Crippen LogP contribution in [0.3, 0.4) is 0 Å². The third-order valence-electron chi connectivity index (χ3n) is 4.99. The van der Waals surface area contributed by atoms with Crippen molar-refractivity contribution in [1.82, 2.24) is 16.2 Å². The van der Waals surface area contributed by atoms with Crippen molar-refractivity contribution in [2.45, 2.75) is 25.9 Å². The highest BCUT2D eigenvalue weighted by atomic mass is 16.5. The van der Waals surface area contributed by atoms with Crippen molar-refractivity contribution < 1.29 is 14.3 Å². The van der Waals surface area contributed by atoms with Gasteiger partial charge in [0.2, 0.25) is 5.91 Å². The number of amides is 1. The Labute approximate surface area is 160 Å². The van der Waals surface area contributed by atoms with Crippen LogP contribution in [0.4, 0.5) is 0 Å². The number of methoxy groups -OCH3 is 2. The minimum absolute atomic E-state index is 0.0151. The van der Waals surface area contributed by atoms with Crippen LogP contribution in [0.5, 0.6) is 11.5 Å². The minimum atomic E-state index is -0.186. The number of rotatable bonds is 6. The molecule has 3 atom stereocenters. The second-order valence-electron chi connectivity index (χ2n) is 6.87. The van der Waals surface area contributed by atoms with E-state index in [1.807, 2.05) is 31.2 Å². The van der Waals surface area contributed by atoms with Gasteiger partial charge in [0.25, 0.3) is 0 Å². The largest absolute Gasteiger partial charge is 0.493 e. The molecule has 0 aromatic heterocycles. The summed E-state index contributed by atoms with van der Waals surface area (Å²) in [6.07, 6.45) is 0. The van der Waals surface area contributed by atoms with Crippen LogP contribution in [0.25, 0.3) is 0 Å². The van der Waals surface area contributed by atoms with Gasteiger partial charge in [-0.25, -0.2) is 5.43 Å². The summed E-state index contributed by atoms with van der Waals surface area (Å²) in [6.45, 7) is 4.61. The number of aryl methyl sites for hydroxylation is 1. The number of carbonyl (C=O) groups excluding carboxylic acids is 1. The summed E-state index contributed by atoms with van der Waals surface area (Å²) in [5, 5.41) is 3.13. The molecule has 2 aromatic carbocycles. The van der Waals surface area contributed by atoms with Gasteiger partial charge in [0.05, 0.1) is 32.2 Å². The van der Waals surface area contributed by atoms with E-state index in [4.69, 9.17) is 9.47 Å². The maximum absolute atomic E-state index is 12.9. The molecule has 0 aliphatic carbocycles. The van der Waals surface area contributed by atoms with E-state index in [1.165, 1.54) is 5.56 Å². The van der Waals surface area contributed by atoms with Crippen LogP contribution in [0.15, 0.2) is 42.5 Å². The fourth-order valence-electron chi connectivity index (χ4n) is 3.45. The fourth-order valence-corrected chi connectivity index (χ4v) is 3.45. The Hall–Kier alpha value is -2.57. The highest BCUT2D eigenvalue weighted by molar-refractivity contribution is 5.80. The van der Waals surface area contributed by atoms with Gasteiger partial charge in [-0.3, -0.25) is 10.2 Å². The molecule has 1 heterocycles. The molecule has 3 N–H and O–H groups in total. The average Bonchev–Trinajstić information content (AvgIpc) is 3.17. The molecule has 6 nitrogen and oxygen atoms in total. The summed E-state index contributed by atoms with van der Waals surface area (Å²) in [6, 6.07) is 13.7. The lowest BCUT2D eigenvalue weighted by molar-refractivity contribution is -0.125. The van der Waals surface area contributed by atoms with E-state index < -0.39 is 0 Å². The predicted octanol–water partition coefficient (Wildman–Crippen LogP) is 2.65. The van der Waals surface area contributed by atoms with Crippen LogP contribution in [0, 0.1) is 12.8 Å². The number of hydrazine groups is 1. The van der Waals surface area contributed by atoms with Crippen LogP contribution >= 0.6 is 0 Å². The summed E-state index contributed by atoms with van der Waals surface area (Å²) >= 11 is 0. The van der Waals surface area contributed by atoms with E-state index in [1.54, 1.807) is 14.2 Å². The molecule has 0 bridgehead atoms. The summed E-state index contributed by atoms with van der Waals surface area (Å²) in [4.78, 5) is 12.9. The van der Waals surface area contributed by atoms with Gasteiger partial charge >= 0.3 is 0 Å². The van der Waals surface area contributed by atoms with Crippen LogP contribution in [-0.4, -0.2) is 26.7 Å². The van der Waals surface area contributed by atoms with Crippen molar-refractivity contribution in [2.75, 3.05) is 20.8 Å². The van der Waals surface area contributed by atoms with E-state index in [0.717, 1.165) is 11.1 Å². The number of hydrogen-bond acceptors (Lipinski definition) is 5. The van der Waals surface area contributed by atoms with Crippen LogP contribution in [0.2, 0.25) is 0 Å². The molecule has 27 heavy (non-hydrogen) atoms. The van der Waals surface area contributed by atoms with Crippen molar-refractivity contribution in [2.24, 2.45) is 5.92 Å². The van der Waals surface area contributed by atoms with Crippen LogP contribution in [-0.2, 0) is 4.79 Å². The van der Waals surface area contributed by atoms with E-state index in [9.17, 15) is 4.79 Å². The van der Waals surface area contributed by atoms with Crippen molar-refractivity contribution in [3.05, 3.63) is 59.2 Å². The van der Waals surface area contributed by atoms with E-state index in [0.29, 0.717) is 18.0 Å². The van der Waals surface area contributed by atoms with Crippen molar-refractivity contribution >= 4 is 5.91 Å². The lowest BCUT2D eigenvalue weighted by atomic mass is 9.93. The zero-order valence-electron chi connectivity index (χ0n) is 16.2. The molecular formula is C21H27N3O3. The molecule has 1 fully saturated rings. The van der Waals surface area contributed by atoms with E-state index in [2.05, 4.69) is 41.3 Å². The average molecular weight is 369 g/mol. The lowest BCUT2D eigenvalue weighted by Crippen LogP contribution is -2.36. The first kappa shape index (κ1) is 19.2. The molecule has 0 spiro atoms. The molecule has 3 rings (SSSR count). The van der Waals surface area contributed by atoms with Gasteiger partial charge in [-0.1, -0.05) is 35.9 Å². The highest BCUT2D eigenvalue weighted by Crippen LogP contribution is 2.31. The smallest absolute Gasteiger partial charge is 0.226 e. The fraction of sp³-hybridized carbons (Fsp3) is 0.381. The SMILES string of the molecule is COc1ccc(C(C)NC(=O)C2CNNC2c2cccc(C)c2)cc1OC. The topological polar surface area (TPSA) is 71.6 Å². The van der Waals surface area contributed by atoms with Gasteiger partial charge in [-0.05, 0) is 37.1 Å². The Morgan fingerprint density at radius 2 is 1.93 bits per heavy atom. The van der Waals surface area contributed by atoms with Crippen molar-refractivity contribution in [3.63, 3.8) is 0 Å². The third kappa shape index (κ3) is 4.23. The first-order chi connectivity index (χ1) is 13.0. The van der Waals surface area contributed by atoms with Gasteiger partial charge in [-0.2, -0.15) is 0 Å². The Balaban J connectivity index is 1.72. The van der Waals surface area contributed by atoms with Gasteiger partial charge in [0.15, 0.2) is 11.5 Å². The van der Waals surface area contributed by atoms with E-state index >= 15 is 0 Å². The Kier molecular flexibility index (Phi) is 5.98. The monoisotopic (exact) mass is 369 g/mol. The molecule has 1 amide bonds. The zero-order chi connectivity index (χ0) is 19.4. The van der Waals surface area contributed by atoms with Gasteiger partial charge in [-0.15, -0.1) is 0 Å². The van der Waals surface area contributed by atoms with Gasteiger partial charge in [0, 0.05) is 6.54 Å². The minimum Gasteiger partial charge on any atom is -0.493 e. The molecule has 1 aliphatic heterocycles. The molecule has 1 saturated heterocycles. The molecule has 0 saturated carbocycles. The number of hydrogen-bond donors (Lipinski definition) is 3. The van der Waals surface area contributed by atoms with Crippen molar-refractivity contribution in [1.29, 1.82) is 0 Å². The lowest BCUT2D eigenvalue weighted by Gasteiger charge is -2.22. The number of nitrogens with one attached hydrogen (secondary N) is 3. The first-order valence-corrected chi connectivity index (χ1v) is 9.10. The predicted molar refractivity (Wildman–Crippen MR) is 105 cm³/mol. The summed E-state index contributed by atoms with van der Waals surface area (Å²) < 4.78 is 10.6. The van der Waals surface area contributed by atoms with Crippen LogP contribution in [0.1, 0.15) is 35.7 Å². The third-order valence-corrected chi connectivity index (χ3v) is 4.99. The second kappa shape index (κ2) is 8.41. The molecular weight excluding hydrogens is 342 g/mol. The van der Waals surface area contributed by atoms with Crippen molar-refractivity contribution in [3.8, 4) is 11.5 Å². The Morgan fingerprint density at radius 1 is 1.15 bits per heavy atom. The standard InChI is InChI=1S/C21H27N3O3/c1-13-6-5-7-16(10-13)20-17(12-22-24-20)21(25)23-14(2)15-8-9-18(26-3)19(11-15)27-4/h5-11,14,17,20,22,24H,12H2,1-4H3,(H,23,25). The summed E-state index contributed by atoms with van der Waals surface area (Å²) in [7, 11) is 3.21. The molecule has 2 aromatic rings. The molecule has 144 valence electrons. The molecule has 1 aliphatic rings.